The quantitative estimate of drug-likeness (QED) is 0.733. The third-order valence-electron chi connectivity index (χ3n) is 2.51. The maximum atomic E-state index is 9.05. The number of hydrogen-bond donors (Lipinski definition) is 3. The Kier molecular flexibility index (Phi) is 3.74. The van der Waals surface area contributed by atoms with Gasteiger partial charge in [0.15, 0.2) is 0 Å². The minimum atomic E-state index is -0.300. The van der Waals surface area contributed by atoms with E-state index in [0.717, 1.165) is 22.2 Å². The standard InChI is InChI=1S/C11H14N2O.ClH/c1-7-11(9(12)6-14)8-4-2-3-5-10(8)13-7;/h2-5,9,13-14H,6,12H2,1H3;1H/t9-;/m0./s1. The molecule has 0 aliphatic heterocycles. The van der Waals surface area contributed by atoms with Gasteiger partial charge in [-0.2, -0.15) is 0 Å². The molecule has 4 N–H and O–H groups in total. The monoisotopic (exact) mass is 226 g/mol. The molecule has 0 aliphatic rings. The van der Waals surface area contributed by atoms with Crippen molar-refractivity contribution in [1.82, 2.24) is 4.98 Å². The zero-order valence-electron chi connectivity index (χ0n) is 8.53. The summed E-state index contributed by atoms with van der Waals surface area (Å²) in [7, 11) is 0. The van der Waals surface area contributed by atoms with Crippen molar-refractivity contribution in [3.8, 4) is 0 Å². The zero-order valence-corrected chi connectivity index (χ0v) is 9.34. The number of fused-ring (bicyclic) bond motifs is 1. The highest BCUT2D eigenvalue weighted by molar-refractivity contribution is 5.85. The fourth-order valence-electron chi connectivity index (χ4n) is 1.87. The molecule has 0 saturated carbocycles. The topological polar surface area (TPSA) is 62.0 Å². The van der Waals surface area contributed by atoms with E-state index in [-0.39, 0.29) is 25.1 Å². The number of aliphatic hydroxyl groups is 1. The van der Waals surface area contributed by atoms with Crippen LogP contribution in [-0.2, 0) is 0 Å². The molecule has 82 valence electrons. The molecule has 0 fully saturated rings. The third kappa shape index (κ3) is 2.00. The van der Waals surface area contributed by atoms with Gasteiger partial charge in [-0.05, 0) is 18.6 Å². The molecule has 0 saturated heterocycles. The minimum Gasteiger partial charge on any atom is -0.394 e. The van der Waals surface area contributed by atoms with Gasteiger partial charge in [0, 0.05) is 16.6 Å². The minimum absolute atomic E-state index is 0. The first kappa shape index (κ1) is 12.0. The molecule has 3 nitrogen and oxygen atoms in total. The molecule has 0 bridgehead atoms. The van der Waals surface area contributed by atoms with E-state index in [1.165, 1.54) is 0 Å². The largest absolute Gasteiger partial charge is 0.394 e. The molecule has 1 heterocycles. The predicted octanol–water partition coefficient (Wildman–Crippen LogP) is 1.89. The Hall–Kier alpha value is -1.03. The van der Waals surface area contributed by atoms with Crippen molar-refractivity contribution in [3.63, 3.8) is 0 Å². The summed E-state index contributed by atoms with van der Waals surface area (Å²) in [4.78, 5) is 3.25. The summed E-state index contributed by atoms with van der Waals surface area (Å²) < 4.78 is 0. The lowest BCUT2D eigenvalue weighted by atomic mass is 10.0. The molecule has 2 aromatic rings. The van der Waals surface area contributed by atoms with Gasteiger partial charge in [0.1, 0.15) is 0 Å². The van der Waals surface area contributed by atoms with Crippen molar-refractivity contribution < 1.29 is 5.11 Å². The summed E-state index contributed by atoms with van der Waals surface area (Å²) in [6.07, 6.45) is 0. The summed E-state index contributed by atoms with van der Waals surface area (Å²) in [5, 5.41) is 10.2. The lowest BCUT2D eigenvalue weighted by Crippen LogP contribution is -2.15. The van der Waals surface area contributed by atoms with Crippen molar-refractivity contribution in [1.29, 1.82) is 0 Å². The summed E-state index contributed by atoms with van der Waals surface area (Å²) in [6, 6.07) is 7.68. The molecule has 1 atom stereocenters. The van der Waals surface area contributed by atoms with Gasteiger partial charge in [0.05, 0.1) is 12.6 Å². The number of para-hydroxylation sites is 1. The highest BCUT2D eigenvalue weighted by atomic mass is 35.5. The zero-order chi connectivity index (χ0) is 10.1. The number of rotatable bonds is 2. The number of aromatic nitrogens is 1. The molecule has 4 heteroatoms. The summed E-state index contributed by atoms with van der Waals surface area (Å²) in [6.45, 7) is 1.95. The van der Waals surface area contributed by atoms with Crippen LogP contribution in [0, 0.1) is 6.92 Å². The maximum absolute atomic E-state index is 9.05. The molecule has 15 heavy (non-hydrogen) atoms. The number of nitrogens with two attached hydrogens (primary N) is 1. The molecule has 1 aromatic heterocycles. The van der Waals surface area contributed by atoms with Crippen molar-refractivity contribution in [2.24, 2.45) is 5.73 Å². The number of H-pyrrole nitrogens is 1. The Bertz CT molecular complexity index is 453. The average molecular weight is 227 g/mol. The third-order valence-corrected chi connectivity index (χ3v) is 2.51. The Labute approximate surface area is 94.7 Å². The van der Waals surface area contributed by atoms with Crippen LogP contribution in [0.15, 0.2) is 24.3 Å². The van der Waals surface area contributed by atoms with Crippen molar-refractivity contribution in [3.05, 3.63) is 35.5 Å². The smallest absolute Gasteiger partial charge is 0.0625 e. The first-order chi connectivity index (χ1) is 6.74. The van der Waals surface area contributed by atoms with Crippen LogP contribution >= 0.6 is 12.4 Å². The van der Waals surface area contributed by atoms with E-state index in [0.29, 0.717) is 0 Å². The van der Waals surface area contributed by atoms with Crippen LogP contribution in [0.5, 0.6) is 0 Å². The van der Waals surface area contributed by atoms with Crippen molar-refractivity contribution in [2.45, 2.75) is 13.0 Å². The molecular formula is C11H15ClN2O. The van der Waals surface area contributed by atoms with Crippen LogP contribution in [0.25, 0.3) is 10.9 Å². The fourth-order valence-corrected chi connectivity index (χ4v) is 1.87. The van der Waals surface area contributed by atoms with Gasteiger partial charge in [0.25, 0.3) is 0 Å². The molecule has 0 amide bonds. The Morgan fingerprint density at radius 1 is 1.40 bits per heavy atom. The van der Waals surface area contributed by atoms with Gasteiger partial charge in [-0.15, -0.1) is 12.4 Å². The highest BCUT2D eigenvalue weighted by Crippen LogP contribution is 2.25. The molecule has 1 aromatic carbocycles. The number of aliphatic hydroxyl groups excluding tert-OH is 1. The number of aromatic amines is 1. The number of nitrogens with one attached hydrogen (secondary N) is 1. The van der Waals surface area contributed by atoms with Crippen LogP contribution in [0.2, 0.25) is 0 Å². The maximum Gasteiger partial charge on any atom is 0.0625 e. The van der Waals surface area contributed by atoms with E-state index in [1.807, 2.05) is 31.2 Å². The second kappa shape index (κ2) is 4.66. The first-order valence-corrected chi connectivity index (χ1v) is 4.67. The van der Waals surface area contributed by atoms with Gasteiger partial charge in [0.2, 0.25) is 0 Å². The normalized spacial score (nSPS) is 12.5. The Morgan fingerprint density at radius 2 is 2.07 bits per heavy atom. The van der Waals surface area contributed by atoms with E-state index >= 15 is 0 Å². The number of halogens is 1. The highest BCUT2D eigenvalue weighted by Gasteiger charge is 2.13. The van der Waals surface area contributed by atoms with Gasteiger partial charge in [-0.1, -0.05) is 18.2 Å². The van der Waals surface area contributed by atoms with E-state index in [2.05, 4.69) is 4.98 Å². The van der Waals surface area contributed by atoms with Gasteiger partial charge >= 0.3 is 0 Å². The number of aryl methyl sites for hydroxylation is 1. The molecule has 0 unspecified atom stereocenters. The first-order valence-electron chi connectivity index (χ1n) is 4.67. The summed E-state index contributed by atoms with van der Waals surface area (Å²) >= 11 is 0. The number of hydrogen-bond acceptors (Lipinski definition) is 2. The van der Waals surface area contributed by atoms with Crippen LogP contribution in [0.1, 0.15) is 17.3 Å². The SMILES string of the molecule is Cc1[nH]c2ccccc2c1[C@@H](N)CO.Cl. The van der Waals surface area contributed by atoms with E-state index < -0.39 is 0 Å². The second-order valence-corrected chi connectivity index (χ2v) is 3.50. The molecular weight excluding hydrogens is 212 g/mol. The van der Waals surface area contributed by atoms with E-state index in [9.17, 15) is 0 Å². The predicted molar refractivity (Wildman–Crippen MR) is 64.3 cm³/mol. The molecule has 0 spiro atoms. The van der Waals surface area contributed by atoms with Gasteiger partial charge in [-0.3, -0.25) is 0 Å². The van der Waals surface area contributed by atoms with Crippen molar-refractivity contribution >= 4 is 23.3 Å². The number of benzene rings is 1. The summed E-state index contributed by atoms with van der Waals surface area (Å²) in [5.41, 5.74) is 8.96. The fraction of sp³-hybridized carbons (Fsp3) is 0.273. The second-order valence-electron chi connectivity index (χ2n) is 3.50. The lowest BCUT2D eigenvalue weighted by Gasteiger charge is -2.07. The van der Waals surface area contributed by atoms with Crippen LogP contribution in [0.3, 0.4) is 0 Å². The average Bonchev–Trinajstić information content (AvgIpc) is 2.53. The van der Waals surface area contributed by atoms with E-state index in [1.54, 1.807) is 0 Å². The van der Waals surface area contributed by atoms with Gasteiger partial charge in [-0.25, -0.2) is 0 Å². The lowest BCUT2D eigenvalue weighted by molar-refractivity contribution is 0.268. The molecule has 0 radical (unpaired) electrons. The molecule has 0 aliphatic carbocycles. The Morgan fingerprint density at radius 3 is 2.73 bits per heavy atom. The van der Waals surface area contributed by atoms with Crippen LogP contribution in [-0.4, -0.2) is 16.7 Å². The molecule has 2 rings (SSSR count). The van der Waals surface area contributed by atoms with E-state index in [4.69, 9.17) is 10.8 Å². The van der Waals surface area contributed by atoms with Crippen molar-refractivity contribution in [2.75, 3.05) is 6.61 Å². The Balaban J connectivity index is 0.00000112. The van der Waals surface area contributed by atoms with Crippen LogP contribution in [0.4, 0.5) is 0 Å². The van der Waals surface area contributed by atoms with Gasteiger partial charge < -0.3 is 15.8 Å². The van der Waals surface area contributed by atoms with Crippen LogP contribution < -0.4 is 5.73 Å². The summed E-state index contributed by atoms with van der Waals surface area (Å²) in [5.74, 6) is 0.